The van der Waals surface area contributed by atoms with Crippen molar-refractivity contribution in [2.24, 2.45) is 0 Å². The Hall–Kier alpha value is -2.79. The smallest absolute Gasteiger partial charge is 0.173 e. The summed E-state index contributed by atoms with van der Waals surface area (Å²) in [5.41, 5.74) is 5.16. The molecule has 3 aromatic rings. The Morgan fingerprint density at radius 1 is 1.00 bits per heavy atom. The van der Waals surface area contributed by atoms with Crippen LogP contribution >= 0.6 is 0 Å². The summed E-state index contributed by atoms with van der Waals surface area (Å²) in [4.78, 5) is 0. The van der Waals surface area contributed by atoms with Gasteiger partial charge in [0.25, 0.3) is 0 Å². The van der Waals surface area contributed by atoms with Gasteiger partial charge >= 0.3 is 0 Å². The first-order chi connectivity index (χ1) is 12.1. The maximum absolute atomic E-state index is 9.96. The van der Waals surface area contributed by atoms with E-state index in [9.17, 15) is 5.11 Å². The van der Waals surface area contributed by atoms with Gasteiger partial charge in [-0.25, -0.2) is 0 Å². The first-order valence-electron chi connectivity index (χ1n) is 7.99. The third-order valence-electron chi connectivity index (χ3n) is 4.31. The minimum atomic E-state index is -0.170. The third kappa shape index (κ3) is 2.98. The molecule has 5 heteroatoms. The van der Waals surface area contributed by atoms with Crippen LogP contribution in [-0.4, -0.2) is 24.5 Å². The second-order valence-corrected chi connectivity index (χ2v) is 5.83. The Morgan fingerprint density at radius 2 is 1.68 bits per heavy atom. The van der Waals surface area contributed by atoms with E-state index >= 15 is 0 Å². The average Bonchev–Trinajstić information content (AvgIpc) is 3.04. The first kappa shape index (κ1) is 17.0. The number of aliphatic hydroxyl groups excluding tert-OH is 1. The average molecular weight is 339 g/mol. The monoisotopic (exact) mass is 339 g/mol. The fourth-order valence-corrected chi connectivity index (χ4v) is 3.04. The van der Waals surface area contributed by atoms with Gasteiger partial charge in [0, 0.05) is 11.1 Å². The molecule has 0 aliphatic carbocycles. The standard InChI is InChI=1S/C20H21NO4/c1-12-6-5-7-13(2)18(12)20-15(11-22)19(21-25-20)14-8-9-16(23-3)17(10-14)24-4/h5-10,22H,11H2,1-4H3. The highest BCUT2D eigenvalue weighted by Gasteiger charge is 2.21. The van der Waals surface area contributed by atoms with Crippen LogP contribution in [0.25, 0.3) is 22.6 Å². The van der Waals surface area contributed by atoms with Crippen molar-refractivity contribution in [1.29, 1.82) is 0 Å². The minimum Gasteiger partial charge on any atom is -0.493 e. The highest BCUT2D eigenvalue weighted by molar-refractivity contribution is 5.76. The molecular formula is C20H21NO4. The van der Waals surface area contributed by atoms with Crippen molar-refractivity contribution in [3.63, 3.8) is 0 Å². The maximum Gasteiger partial charge on any atom is 0.173 e. The molecule has 0 amide bonds. The van der Waals surface area contributed by atoms with Gasteiger partial charge in [0.2, 0.25) is 0 Å². The van der Waals surface area contributed by atoms with Crippen LogP contribution in [0, 0.1) is 13.8 Å². The lowest BCUT2D eigenvalue weighted by Gasteiger charge is -2.10. The van der Waals surface area contributed by atoms with E-state index in [1.807, 2.05) is 50.2 Å². The van der Waals surface area contributed by atoms with Crippen molar-refractivity contribution in [2.45, 2.75) is 20.5 Å². The predicted molar refractivity (Wildman–Crippen MR) is 95.9 cm³/mol. The highest BCUT2D eigenvalue weighted by atomic mass is 16.5. The number of aromatic nitrogens is 1. The molecule has 25 heavy (non-hydrogen) atoms. The SMILES string of the molecule is COc1ccc(-c2noc(-c3c(C)cccc3C)c2CO)cc1OC. The number of nitrogens with zero attached hydrogens (tertiary/aromatic N) is 1. The quantitative estimate of drug-likeness (QED) is 0.757. The number of rotatable bonds is 5. The van der Waals surface area contributed by atoms with Crippen LogP contribution in [0.2, 0.25) is 0 Å². The fraction of sp³-hybridized carbons (Fsp3) is 0.250. The minimum absolute atomic E-state index is 0.170. The van der Waals surface area contributed by atoms with Gasteiger partial charge in [0.1, 0.15) is 5.69 Å². The second-order valence-electron chi connectivity index (χ2n) is 5.83. The highest BCUT2D eigenvalue weighted by Crippen LogP contribution is 2.38. The lowest BCUT2D eigenvalue weighted by Crippen LogP contribution is -1.94. The van der Waals surface area contributed by atoms with Gasteiger partial charge in [-0.2, -0.15) is 0 Å². The predicted octanol–water partition coefficient (Wildman–Crippen LogP) is 4.13. The molecule has 0 bridgehead atoms. The number of hydrogen-bond acceptors (Lipinski definition) is 5. The van der Waals surface area contributed by atoms with Crippen LogP contribution in [0.3, 0.4) is 0 Å². The van der Waals surface area contributed by atoms with E-state index < -0.39 is 0 Å². The van der Waals surface area contributed by atoms with E-state index in [4.69, 9.17) is 14.0 Å². The molecule has 0 atom stereocenters. The lowest BCUT2D eigenvalue weighted by atomic mass is 9.96. The van der Waals surface area contributed by atoms with Gasteiger partial charge in [-0.05, 0) is 43.2 Å². The molecule has 0 spiro atoms. The molecule has 0 unspecified atom stereocenters. The van der Waals surface area contributed by atoms with E-state index in [2.05, 4.69) is 5.16 Å². The van der Waals surface area contributed by atoms with Gasteiger partial charge in [-0.3, -0.25) is 0 Å². The number of hydrogen-bond donors (Lipinski definition) is 1. The molecule has 1 heterocycles. The van der Waals surface area contributed by atoms with Crippen molar-refractivity contribution in [1.82, 2.24) is 5.16 Å². The Labute approximate surface area is 146 Å². The maximum atomic E-state index is 9.96. The van der Waals surface area contributed by atoms with Crippen molar-refractivity contribution in [3.8, 4) is 34.1 Å². The van der Waals surface area contributed by atoms with Crippen molar-refractivity contribution < 1.29 is 19.1 Å². The Bertz CT molecular complexity index is 878. The van der Waals surface area contributed by atoms with E-state index in [-0.39, 0.29) is 6.61 Å². The van der Waals surface area contributed by atoms with Crippen LogP contribution in [0.4, 0.5) is 0 Å². The molecule has 0 saturated carbocycles. The van der Waals surface area contributed by atoms with Gasteiger partial charge in [-0.1, -0.05) is 23.4 Å². The van der Waals surface area contributed by atoms with E-state index in [1.54, 1.807) is 14.2 Å². The molecular weight excluding hydrogens is 318 g/mol. The molecule has 0 fully saturated rings. The molecule has 1 aromatic heterocycles. The molecule has 130 valence electrons. The Kier molecular flexibility index (Phi) is 4.76. The van der Waals surface area contributed by atoms with Gasteiger partial charge in [-0.15, -0.1) is 0 Å². The number of aryl methyl sites for hydroxylation is 2. The zero-order chi connectivity index (χ0) is 18.0. The summed E-state index contributed by atoms with van der Waals surface area (Å²) in [6.45, 7) is 3.86. The zero-order valence-corrected chi connectivity index (χ0v) is 14.8. The molecule has 3 rings (SSSR count). The van der Waals surface area contributed by atoms with Crippen LogP contribution in [-0.2, 0) is 6.61 Å². The van der Waals surface area contributed by atoms with Gasteiger partial charge < -0.3 is 19.1 Å². The number of aliphatic hydroxyl groups is 1. The van der Waals surface area contributed by atoms with Gasteiger partial charge in [0.15, 0.2) is 17.3 Å². The third-order valence-corrected chi connectivity index (χ3v) is 4.31. The molecule has 0 radical (unpaired) electrons. The summed E-state index contributed by atoms with van der Waals surface area (Å²) in [6.07, 6.45) is 0. The number of benzene rings is 2. The summed E-state index contributed by atoms with van der Waals surface area (Å²) in [6, 6.07) is 11.5. The van der Waals surface area contributed by atoms with Crippen LogP contribution in [0.5, 0.6) is 11.5 Å². The van der Waals surface area contributed by atoms with Crippen LogP contribution < -0.4 is 9.47 Å². The molecule has 0 saturated heterocycles. The second kappa shape index (κ2) is 6.99. The van der Waals surface area contributed by atoms with E-state index in [0.29, 0.717) is 28.5 Å². The number of ether oxygens (including phenoxy) is 2. The van der Waals surface area contributed by atoms with Crippen LogP contribution in [0.1, 0.15) is 16.7 Å². The Morgan fingerprint density at radius 3 is 2.28 bits per heavy atom. The molecule has 0 aliphatic rings. The summed E-state index contributed by atoms with van der Waals surface area (Å²) in [7, 11) is 3.17. The first-order valence-corrected chi connectivity index (χ1v) is 7.99. The summed E-state index contributed by atoms with van der Waals surface area (Å²) in [5, 5.41) is 14.2. The number of methoxy groups -OCH3 is 2. The topological polar surface area (TPSA) is 64.7 Å². The van der Waals surface area contributed by atoms with E-state index in [0.717, 1.165) is 22.3 Å². The molecule has 1 N–H and O–H groups in total. The van der Waals surface area contributed by atoms with E-state index in [1.165, 1.54) is 0 Å². The fourth-order valence-electron chi connectivity index (χ4n) is 3.04. The van der Waals surface area contributed by atoms with Crippen molar-refractivity contribution in [2.75, 3.05) is 14.2 Å². The summed E-state index contributed by atoms with van der Waals surface area (Å²) >= 11 is 0. The summed E-state index contributed by atoms with van der Waals surface area (Å²) < 4.78 is 16.3. The van der Waals surface area contributed by atoms with Gasteiger partial charge in [0.05, 0.1) is 26.4 Å². The zero-order valence-electron chi connectivity index (χ0n) is 14.8. The lowest BCUT2D eigenvalue weighted by molar-refractivity contribution is 0.281. The normalized spacial score (nSPS) is 10.8. The molecule has 5 nitrogen and oxygen atoms in total. The summed E-state index contributed by atoms with van der Waals surface area (Å²) in [5.74, 6) is 1.83. The molecule has 0 aliphatic heterocycles. The van der Waals surface area contributed by atoms with Crippen LogP contribution in [0.15, 0.2) is 40.9 Å². The molecule has 2 aromatic carbocycles. The Balaban J connectivity index is 2.16. The van der Waals surface area contributed by atoms with Crippen molar-refractivity contribution >= 4 is 0 Å². The largest absolute Gasteiger partial charge is 0.493 e. The van der Waals surface area contributed by atoms with Crippen molar-refractivity contribution in [3.05, 3.63) is 53.1 Å².